The third-order valence-electron chi connectivity index (χ3n) is 3.05. The number of benzene rings is 1. The molecule has 0 aliphatic rings. The van der Waals surface area contributed by atoms with Gasteiger partial charge in [-0.15, -0.1) is 0 Å². The highest BCUT2D eigenvalue weighted by molar-refractivity contribution is 5.91. The summed E-state index contributed by atoms with van der Waals surface area (Å²) in [6.45, 7) is 4.73. The van der Waals surface area contributed by atoms with E-state index >= 15 is 0 Å². The Labute approximate surface area is 108 Å². The lowest BCUT2D eigenvalue weighted by Crippen LogP contribution is -2.12. The summed E-state index contributed by atoms with van der Waals surface area (Å²) >= 11 is 0. The second kappa shape index (κ2) is 6.89. The van der Waals surface area contributed by atoms with Crippen LogP contribution in [0.5, 0.6) is 11.5 Å². The van der Waals surface area contributed by atoms with E-state index in [9.17, 15) is 4.79 Å². The SMILES string of the molecule is CCC(CC)COc1cc(OC)ccc1C(=O)O. The third-order valence-corrected chi connectivity index (χ3v) is 3.05. The highest BCUT2D eigenvalue weighted by atomic mass is 16.5. The maximum Gasteiger partial charge on any atom is 0.339 e. The number of carboxylic acids is 1. The van der Waals surface area contributed by atoms with E-state index in [1.165, 1.54) is 6.07 Å². The summed E-state index contributed by atoms with van der Waals surface area (Å²) < 4.78 is 10.7. The Morgan fingerprint density at radius 2 is 2.00 bits per heavy atom. The van der Waals surface area contributed by atoms with Crippen molar-refractivity contribution in [1.82, 2.24) is 0 Å². The van der Waals surface area contributed by atoms with Crippen molar-refractivity contribution in [2.75, 3.05) is 13.7 Å². The van der Waals surface area contributed by atoms with Crippen LogP contribution in [0.4, 0.5) is 0 Å². The molecule has 0 radical (unpaired) electrons. The summed E-state index contributed by atoms with van der Waals surface area (Å²) in [7, 11) is 1.54. The Kier molecular flexibility index (Phi) is 5.49. The summed E-state index contributed by atoms with van der Waals surface area (Å²) in [5, 5.41) is 9.09. The van der Waals surface area contributed by atoms with Gasteiger partial charge in [0.1, 0.15) is 17.1 Å². The maximum absolute atomic E-state index is 11.1. The Bertz CT molecular complexity index is 397. The summed E-state index contributed by atoms with van der Waals surface area (Å²) in [4.78, 5) is 11.1. The summed E-state index contributed by atoms with van der Waals surface area (Å²) in [6, 6.07) is 4.74. The Balaban J connectivity index is 2.87. The number of rotatable bonds is 7. The van der Waals surface area contributed by atoms with Gasteiger partial charge in [0.2, 0.25) is 0 Å². The quantitative estimate of drug-likeness (QED) is 0.809. The average molecular weight is 252 g/mol. The van der Waals surface area contributed by atoms with Crippen LogP contribution >= 0.6 is 0 Å². The van der Waals surface area contributed by atoms with Gasteiger partial charge < -0.3 is 14.6 Å². The molecular formula is C14H20O4. The van der Waals surface area contributed by atoms with Crippen LogP contribution in [0, 0.1) is 5.92 Å². The number of carbonyl (C=O) groups is 1. The van der Waals surface area contributed by atoms with Gasteiger partial charge in [0.25, 0.3) is 0 Å². The van der Waals surface area contributed by atoms with Gasteiger partial charge in [-0.25, -0.2) is 4.79 Å². The zero-order valence-electron chi connectivity index (χ0n) is 11.1. The molecule has 1 N–H and O–H groups in total. The molecule has 0 aliphatic carbocycles. The summed E-state index contributed by atoms with van der Waals surface area (Å²) in [6.07, 6.45) is 2.03. The van der Waals surface area contributed by atoms with Crippen LogP contribution in [0.2, 0.25) is 0 Å². The fraction of sp³-hybridized carbons (Fsp3) is 0.500. The number of aromatic carboxylic acids is 1. The minimum Gasteiger partial charge on any atom is -0.497 e. The molecule has 0 aliphatic heterocycles. The van der Waals surface area contributed by atoms with Crippen molar-refractivity contribution in [2.45, 2.75) is 26.7 Å². The van der Waals surface area contributed by atoms with Gasteiger partial charge in [-0.3, -0.25) is 0 Å². The molecule has 0 unspecified atom stereocenters. The Morgan fingerprint density at radius 3 is 2.50 bits per heavy atom. The molecule has 4 nitrogen and oxygen atoms in total. The molecule has 0 heterocycles. The van der Waals surface area contributed by atoms with Crippen LogP contribution in [0.15, 0.2) is 18.2 Å². The van der Waals surface area contributed by atoms with Crippen molar-refractivity contribution in [3.8, 4) is 11.5 Å². The highest BCUT2D eigenvalue weighted by Gasteiger charge is 2.14. The first-order valence-corrected chi connectivity index (χ1v) is 6.16. The minimum atomic E-state index is -0.989. The Hall–Kier alpha value is -1.71. The fourth-order valence-electron chi connectivity index (χ4n) is 1.66. The summed E-state index contributed by atoms with van der Waals surface area (Å²) in [5.41, 5.74) is 0.168. The molecule has 18 heavy (non-hydrogen) atoms. The molecule has 0 atom stereocenters. The molecule has 100 valence electrons. The van der Waals surface area contributed by atoms with E-state index in [0.29, 0.717) is 24.0 Å². The van der Waals surface area contributed by atoms with Crippen molar-refractivity contribution in [1.29, 1.82) is 0 Å². The lowest BCUT2D eigenvalue weighted by Gasteiger charge is -2.15. The predicted molar refractivity (Wildman–Crippen MR) is 69.5 cm³/mol. The normalized spacial score (nSPS) is 10.4. The van der Waals surface area contributed by atoms with Gasteiger partial charge in [0, 0.05) is 6.07 Å². The standard InChI is InChI=1S/C14H20O4/c1-4-10(5-2)9-18-13-8-11(17-3)6-7-12(13)14(15)16/h6-8,10H,4-5,9H2,1-3H3,(H,15,16). The first-order chi connectivity index (χ1) is 8.62. The molecule has 1 aromatic rings. The molecule has 1 aromatic carbocycles. The largest absolute Gasteiger partial charge is 0.497 e. The van der Waals surface area contributed by atoms with Crippen molar-refractivity contribution in [3.63, 3.8) is 0 Å². The molecular weight excluding hydrogens is 232 g/mol. The number of hydrogen-bond donors (Lipinski definition) is 1. The molecule has 0 bridgehead atoms. The molecule has 0 saturated carbocycles. The Morgan fingerprint density at radius 1 is 1.33 bits per heavy atom. The van der Waals surface area contributed by atoms with E-state index in [1.807, 2.05) is 0 Å². The zero-order valence-corrected chi connectivity index (χ0v) is 11.1. The molecule has 0 spiro atoms. The van der Waals surface area contributed by atoms with Crippen molar-refractivity contribution in [3.05, 3.63) is 23.8 Å². The lowest BCUT2D eigenvalue weighted by molar-refractivity contribution is 0.0691. The van der Waals surface area contributed by atoms with E-state index in [-0.39, 0.29) is 5.56 Å². The first-order valence-electron chi connectivity index (χ1n) is 6.16. The second-order valence-corrected chi connectivity index (χ2v) is 4.16. The van der Waals surface area contributed by atoms with Crippen LogP contribution in [-0.2, 0) is 0 Å². The van der Waals surface area contributed by atoms with Gasteiger partial charge in [-0.2, -0.15) is 0 Å². The van der Waals surface area contributed by atoms with Crippen molar-refractivity contribution < 1.29 is 19.4 Å². The van der Waals surface area contributed by atoms with E-state index < -0.39 is 5.97 Å². The number of methoxy groups -OCH3 is 1. The minimum absolute atomic E-state index is 0.168. The van der Waals surface area contributed by atoms with Crippen molar-refractivity contribution in [2.24, 2.45) is 5.92 Å². The van der Waals surface area contributed by atoms with E-state index in [2.05, 4.69) is 13.8 Å². The lowest BCUT2D eigenvalue weighted by atomic mass is 10.1. The monoisotopic (exact) mass is 252 g/mol. The summed E-state index contributed by atoms with van der Waals surface area (Å²) in [5.74, 6) is 0.420. The zero-order chi connectivity index (χ0) is 13.5. The van der Waals surface area contributed by atoms with Gasteiger partial charge in [-0.1, -0.05) is 26.7 Å². The molecule has 0 saturated heterocycles. The molecule has 1 rings (SSSR count). The van der Waals surface area contributed by atoms with Gasteiger partial charge in [0.05, 0.1) is 13.7 Å². The van der Waals surface area contributed by atoms with Gasteiger partial charge in [-0.05, 0) is 18.1 Å². The van der Waals surface area contributed by atoms with Crippen LogP contribution in [-0.4, -0.2) is 24.8 Å². The van der Waals surface area contributed by atoms with Crippen LogP contribution in [0.25, 0.3) is 0 Å². The van der Waals surface area contributed by atoms with Crippen molar-refractivity contribution >= 4 is 5.97 Å². The van der Waals surface area contributed by atoms with E-state index in [1.54, 1.807) is 19.2 Å². The fourth-order valence-corrected chi connectivity index (χ4v) is 1.66. The molecule has 4 heteroatoms. The van der Waals surface area contributed by atoms with Gasteiger partial charge >= 0.3 is 5.97 Å². The first kappa shape index (κ1) is 14.4. The average Bonchev–Trinajstić information content (AvgIpc) is 2.39. The highest BCUT2D eigenvalue weighted by Crippen LogP contribution is 2.25. The topological polar surface area (TPSA) is 55.8 Å². The number of carboxylic acid groups (broad SMARTS) is 1. The third kappa shape index (κ3) is 3.65. The molecule has 0 amide bonds. The van der Waals surface area contributed by atoms with E-state index in [4.69, 9.17) is 14.6 Å². The smallest absolute Gasteiger partial charge is 0.339 e. The second-order valence-electron chi connectivity index (χ2n) is 4.16. The van der Waals surface area contributed by atoms with Crippen LogP contribution in [0.3, 0.4) is 0 Å². The maximum atomic E-state index is 11.1. The molecule has 0 fully saturated rings. The van der Waals surface area contributed by atoms with Crippen LogP contribution in [0.1, 0.15) is 37.0 Å². The number of ether oxygens (including phenoxy) is 2. The van der Waals surface area contributed by atoms with Gasteiger partial charge in [0.15, 0.2) is 0 Å². The predicted octanol–water partition coefficient (Wildman–Crippen LogP) is 3.21. The van der Waals surface area contributed by atoms with Crippen LogP contribution < -0.4 is 9.47 Å². The van der Waals surface area contributed by atoms with E-state index in [0.717, 1.165) is 12.8 Å². The number of hydrogen-bond acceptors (Lipinski definition) is 3. The molecule has 0 aromatic heterocycles.